The Morgan fingerprint density at radius 1 is 1.24 bits per heavy atom. The van der Waals surface area contributed by atoms with Crippen LogP contribution in [0.4, 0.5) is 5.69 Å². The first kappa shape index (κ1) is 9.51. The second-order valence-electron chi connectivity index (χ2n) is 5.70. The van der Waals surface area contributed by atoms with E-state index >= 15 is 0 Å². The molecule has 0 aliphatic heterocycles. The first-order chi connectivity index (χ1) is 8.22. The Balaban J connectivity index is 1.82. The van der Waals surface area contributed by atoms with Gasteiger partial charge in [-0.15, -0.1) is 0 Å². The molecule has 3 nitrogen and oxygen atoms in total. The maximum atomic E-state index is 5.84. The number of aromatic nitrogens is 2. The van der Waals surface area contributed by atoms with Gasteiger partial charge in [0, 0.05) is 18.7 Å². The van der Waals surface area contributed by atoms with Gasteiger partial charge in [0.25, 0.3) is 0 Å². The van der Waals surface area contributed by atoms with Crippen LogP contribution in [0.25, 0.3) is 11.0 Å². The Kier molecular flexibility index (Phi) is 1.70. The van der Waals surface area contributed by atoms with Gasteiger partial charge in [0.1, 0.15) is 5.82 Å². The van der Waals surface area contributed by atoms with E-state index in [-0.39, 0.29) is 0 Å². The van der Waals surface area contributed by atoms with Crippen molar-refractivity contribution in [1.29, 1.82) is 0 Å². The second-order valence-corrected chi connectivity index (χ2v) is 5.70. The van der Waals surface area contributed by atoms with Crippen molar-refractivity contribution < 1.29 is 0 Å². The summed E-state index contributed by atoms with van der Waals surface area (Å²) in [6.07, 6.45) is 4.15. The fourth-order valence-corrected chi connectivity index (χ4v) is 3.52. The first-order valence-corrected chi connectivity index (χ1v) is 6.44. The van der Waals surface area contributed by atoms with Crippen molar-refractivity contribution in [1.82, 2.24) is 9.55 Å². The molecule has 2 fully saturated rings. The van der Waals surface area contributed by atoms with Gasteiger partial charge in [-0.05, 0) is 49.3 Å². The van der Waals surface area contributed by atoms with Crippen LogP contribution in [0.15, 0.2) is 18.2 Å². The highest BCUT2D eigenvalue weighted by atomic mass is 15.1. The molecule has 2 saturated carbocycles. The summed E-state index contributed by atoms with van der Waals surface area (Å²) in [5.41, 5.74) is 8.91. The average molecular weight is 227 g/mol. The fourth-order valence-electron chi connectivity index (χ4n) is 3.52. The van der Waals surface area contributed by atoms with Gasteiger partial charge >= 0.3 is 0 Å². The van der Waals surface area contributed by atoms with Crippen molar-refractivity contribution >= 4 is 16.7 Å². The molecule has 88 valence electrons. The van der Waals surface area contributed by atoms with Crippen LogP contribution in [-0.2, 0) is 7.05 Å². The van der Waals surface area contributed by atoms with E-state index in [4.69, 9.17) is 10.7 Å². The average Bonchev–Trinajstić information content (AvgIpc) is 2.79. The highest BCUT2D eigenvalue weighted by molar-refractivity contribution is 5.79. The smallest absolute Gasteiger partial charge is 0.112 e. The molecule has 17 heavy (non-hydrogen) atoms. The molecule has 2 N–H and O–H groups in total. The predicted octanol–water partition coefficient (Wildman–Crippen LogP) is 2.67. The van der Waals surface area contributed by atoms with Crippen LogP contribution in [0.2, 0.25) is 0 Å². The molecule has 2 aliphatic carbocycles. The molecule has 2 unspecified atom stereocenters. The maximum absolute atomic E-state index is 5.84. The fraction of sp³-hybridized carbons (Fsp3) is 0.500. The molecule has 0 radical (unpaired) electrons. The number of aryl methyl sites for hydroxylation is 1. The first-order valence-electron chi connectivity index (χ1n) is 6.44. The van der Waals surface area contributed by atoms with Crippen LogP contribution >= 0.6 is 0 Å². The molecule has 2 atom stereocenters. The molecule has 0 bridgehead atoms. The van der Waals surface area contributed by atoms with Crippen LogP contribution < -0.4 is 5.73 Å². The van der Waals surface area contributed by atoms with Gasteiger partial charge < -0.3 is 10.3 Å². The predicted molar refractivity (Wildman–Crippen MR) is 68.7 cm³/mol. The summed E-state index contributed by atoms with van der Waals surface area (Å²) in [6.45, 7) is 0. The van der Waals surface area contributed by atoms with E-state index < -0.39 is 0 Å². The summed E-state index contributed by atoms with van der Waals surface area (Å²) in [4.78, 5) is 4.80. The minimum atomic E-state index is 0.678. The molecule has 0 spiro atoms. The van der Waals surface area contributed by atoms with Crippen molar-refractivity contribution in [3.05, 3.63) is 24.0 Å². The SMILES string of the molecule is Cn1c(C2CC3CC3C2)nc2ccc(N)cc21. The van der Waals surface area contributed by atoms with E-state index in [9.17, 15) is 0 Å². The summed E-state index contributed by atoms with van der Waals surface area (Å²) in [7, 11) is 2.12. The Morgan fingerprint density at radius 2 is 2.00 bits per heavy atom. The van der Waals surface area contributed by atoms with Crippen LogP contribution in [0.5, 0.6) is 0 Å². The lowest BCUT2D eigenvalue weighted by Gasteiger charge is -2.11. The third-order valence-electron chi connectivity index (χ3n) is 4.55. The lowest BCUT2D eigenvalue weighted by Crippen LogP contribution is -2.04. The van der Waals surface area contributed by atoms with E-state index in [1.165, 1.54) is 30.6 Å². The number of nitrogens with zero attached hydrogens (tertiary/aromatic N) is 2. The van der Waals surface area contributed by atoms with Crippen LogP contribution in [-0.4, -0.2) is 9.55 Å². The van der Waals surface area contributed by atoms with Crippen molar-refractivity contribution in [3.63, 3.8) is 0 Å². The van der Waals surface area contributed by atoms with Gasteiger partial charge in [-0.1, -0.05) is 0 Å². The number of fused-ring (bicyclic) bond motifs is 2. The molecular weight excluding hydrogens is 210 g/mol. The standard InChI is InChI=1S/C14H17N3/c1-17-13-7-11(15)2-3-12(13)16-14(17)10-5-8-4-9(8)6-10/h2-3,7-10H,4-6,15H2,1H3. The molecule has 1 heterocycles. The Labute approximate surface area is 101 Å². The van der Waals surface area contributed by atoms with E-state index in [0.717, 1.165) is 23.0 Å². The number of hydrogen-bond donors (Lipinski definition) is 1. The summed E-state index contributed by atoms with van der Waals surface area (Å²) >= 11 is 0. The normalized spacial score (nSPS) is 30.8. The quantitative estimate of drug-likeness (QED) is 0.761. The van der Waals surface area contributed by atoms with E-state index in [1.54, 1.807) is 0 Å². The van der Waals surface area contributed by atoms with E-state index in [0.29, 0.717) is 5.92 Å². The zero-order chi connectivity index (χ0) is 11.6. The number of nitrogen functional groups attached to an aromatic ring is 1. The van der Waals surface area contributed by atoms with Gasteiger partial charge in [0.05, 0.1) is 11.0 Å². The van der Waals surface area contributed by atoms with Crippen molar-refractivity contribution in [3.8, 4) is 0 Å². The van der Waals surface area contributed by atoms with E-state index in [1.807, 2.05) is 18.2 Å². The minimum absolute atomic E-state index is 0.678. The van der Waals surface area contributed by atoms with Gasteiger partial charge in [-0.3, -0.25) is 0 Å². The highest BCUT2D eigenvalue weighted by Gasteiger charge is 2.47. The molecule has 2 aromatic rings. The lowest BCUT2D eigenvalue weighted by molar-refractivity contribution is 0.572. The number of hydrogen-bond acceptors (Lipinski definition) is 2. The Hall–Kier alpha value is -1.51. The minimum Gasteiger partial charge on any atom is -0.399 e. The van der Waals surface area contributed by atoms with Crippen LogP contribution in [0.1, 0.15) is 31.0 Å². The zero-order valence-corrected chi connectivity index (χ0v) is 10.1. The van der Waals surface area contributed by atoms with Gasteiger partial charge in [-0.25, -0.2) is 4.98 Å². The zero-order valence-electron chi connectivity index (χ0n) is 10.1. The molecule has 1 aromatic carbocycles. The molecule has 2 aliphatic rings. The lowest BCUT2D eigenvalue weighted by atomic mass is 10.0. The topological polar surface area (TPSA) is 43.8 Å². The number of anilines is 1. The molecular formula is C14H17N3. The summed E-state index contributed by atoms with van der Waals surface area (Å²) in [6, 6.07) is 6.00. The third kappa shape index (κ3) is 1.31. The maximum Gasteiger partial charge on any atom is 0.112 e. The number of benzene rings is 1. The molecule has 1 aromatic heterocycles. The summed E-state index contributed by atoms with van der Waals surface area (Å²) < 4.78 is 2.24. The summed E-state index contributed by atoms with van der Waals surface area (Å²) in [5.74, 6) is 3.95. The summed E-state index contributed by atoms with van der Waals surface area (Å²) in [5, 5.41) is 0. The van der Waals surface area contributed by atoms with Gasteiger partial charge in [0.2, 0.25) is 0 Å². The van der Waals surface area contributed by atoms with Crippen LogP contribution in [0.3, 0.4) is 0 Å². The number of imidazole rings is 1. The number of nitrogens with two attached hydrogens (primary N) is 1. The van der Waals surface area contributed by atoms with Gasteiger partial charge in [-0.2, -0.15) is 0 Å². The molecule has 0 amide bonds. The highest BCUT2D eigenvalue weighted by Crippen LogP contribution is 2.57. The Bertz CT molecular complexity index is 589. The monoisotopic (exact) mass is 227 g/mol. The molecule has 0 saturated heterocycles. The second kappa shape index (κ2) is 3.03. The van der Waals surface area contributed by atoms with Crippen molar-refractivity contribution in [2.75, 3.05) is 5.73 Å². The molecule has 4 rings (SSSR count). The number of rotatable bonds is 1. The largest absolute Gasteiger partial charge is 0.399 e. The van der Waals surface area contributed by atoms with E-state index in [2.05, 4.69) is 11.6 Å². The van der Waals surface area contributed by atoms with Crippen molar-refractivity contribution in [2.24, 2.45) is 18.9 Å². The molecule has 3 heteroatoms. The van der Waals surface area contributed by atoms with Crippen LogP contribution in [0, 0.1) is 11.8 Å². The van der Waals surface area contributed by atoms with Gasteiger partial charge in [0.15, 0.2) is 0 Å². The van der Waals surface area contributed by atoms with Crippen molar-refractivity contribution in [2.45, 2.75) is 25.2 Å². The Morgan fingerprint density at radius 3 is 2.76 bits per heavy atom. The third-order valence-corrected chi connectivity index (χ3v) is 4.55.